The van der Waals surface area contributed by atoms with Crippen molar-refractivity contribution in [2.75, 3.05) is 121 Å². The van der Waals surface area contributed by atoms with Gasteiger partial charge in [-0.2, -0.15) is 0 Å². The van der Waals surface area contributed by atoms with Crippen LogP contribution in [0.4, 0.5) is 0 Å². The van der Waals surface area contributed by atoms with Gasteiger partial charge < -0.3 is 35.6 Å². The van der Waals surface area contributed by atoms with Crippen LogP contribution in [-0.2, 0) is 0 Å². The maximum atomic E-state index is 5.58. The fourth-order valence-electron chi connectivity index (χ4n) is 3.89. The lowest BCUT2D eigenvalue weighted by atomic mass is 10.3. The summed E-state index contributed by atoms with van der Waals surface area (Å²) >= 11 is 0. The molecular weight excluding hydrogens is 386 g/mol. The number of nitrogens with two attached hydrogens (primary N) is 1. The average Bonchev–Trinajstić information content (AvgIpc) is 2.72. The van der Waals surface area contributed by atoms with Crippen LogP contribution in [0.25, 0.3) is 0 Å². The van der Waals surface area contributed by atoms with E-state index in [-0.39, 0.29) is 0 Å². The zero-order valence-corrected chi connectivity index (χ0v) is 22.0. The van der Waals surface area contributed by atoms with Crippen LogP contribution in [0.3, 0.4) is 0 Å². The molecule has 0 atom stereocenters. The molecule has 0 saturated heterocycles. The first kappa shape index (κ1) is 30.7. The molecule has 0 saturated carbocycles. The minimum Gasteiger partial charge on any atom is -0.330 e. The van der Waals surface area contributed by atoms with Gasteiger partial charge in [-0.05, 0) is 159 Å². The van der Waals surface area contributed by atoms with E-state index in [0.717, 1.165) is 26.1 Å². The summed E-state index contributed by atoms with van der Waals surface area (Å²) in [5.41, 5.74) is 5.58. The summed E-state index contributed by atoms with van der Waals surface area (Å²) in [5.74, 6) is 0. The predicted molar refractivity (Wildman–Crippen MR) is 138 cm³/mol. The molecule has 0 bridgehead atoms. The summed E-state index contributed by atoms with van der Waals surface area (Å²) in [5, 5.41) is 3.22. The minimum atomic E-state index is 0.795. The van der Waals surface area contributed by atoms with E-state index in [0.29, 0.717) is 0 Å². The van der Waals surface area contributed by atoms with E-state index in [9.17, 15) is 0 Å². The normalized spacial score (nSPS) is 12.4. The van der Waals surface area contributed by atoms with Gasteiger partial charge in [0, 0.05) is 0 Å². The van der Waals surface area contributed by atoms with Crippen LogP contribution in [0, 0.1) is 0 Å². The van der Waals surface area contributed by atoms with Gasteiger partial charge in [-0.25, -0.2) is 0 Å². The first-order valence-electron chi connectivity index (χ1n) is 12.7. The van der Waals surface area contributed by atoms with Crippen molar-refractivity contribution in [3.8, 4) is 0 Å². The molecule has 0 fully saturated rings. The lowest BCUT2D eigenvalue weighted by Crippen LogP contribution is -2.31. The van der Waals surface area contributed by atoms with Crippen molar-refractivity contribution in [3.63, 3.8) is 0 Å². The van der Waals surface area contributed by atoms with Crippen LogP contribution in [0.2, 0.25) is 0 Å². The Kier molecular flexibility index (Phi) is 21.4. The Bertz CT molecular complexity index is 370. The second-order valence-corrected chi connectivity index (χ2v) is 9.53. The maximum absolute atomic E-state index is 5.58. The summed E-state index contributed by atoms with van der Waals surface area (Å²) in [6, 6.07) is 0. The number of rotatable bonds is 23. The molecule has 0 amide bonds. The van der Waals surface area contributed by atoms with Gasteiger partial charge in [0.25, 0.3) is 0 Å². The number of hydrogen-bond donors (Lipinski definition) is 2. The monoisotopic (exact) mass is 443 g/mol. The number of nitrogens with zero attached hydrogens (tertiary/aromatic N) is 5. The standard InChI is InChI=1S/C24H57N7/c1-26-14-8-16-28(3)18-10-20-30(5)22-12-24-31(6)23-11-21-29(4)19-9-17-27(2)15-7-13-25/h26H,7-25H2,1-6H3. The summed E-state index contributed by atoms with van der Waals surface area (Å²) < 4.78 is 0. The van der Waals surface area contributed by atoms with Crippen molar-refractivity contribution >= 4 is 0 Å². The second kappa shape index (κ2) is 21.6. The van der Waals surface area contributed by atoms with Crippen LogP contribution in [0.15, 0.2) is 0 Å². The van der Waals surface area contributed by atoms with Gasteiger partial charge in [-0.15, -0.1) is 0 Å². The number of nitrogens with one attached hydrogen (secondary N) is 1. The van der Waals surface area contributed by atoms with Crippen molar-refractivity contribution in [2.45, 2.75) is 38.5 Å². The first-order chi connectivity index (χ1) is 14.9. The molecule has 3 N–H and O–H groups in total. The van der Waals surface area contributed by atoms with Crippen LogP contribution in [0.5, 0.6) is 0 Å². The lowest BCUT2D eigenvalue weighted by molar-refractivity contribution is 0.241. The molecule has 0 aromatic heterocycles. The third kappa shape index (κ3) is 21.3. The molecule has 0 spiro atoms. The van der Waals surface area contributed by atoms with E-state index in [2.05, 4.69) is 65.1 Å². The van der Waals surface area contributed by atoms with Crippen molar-refractivity contribution in [1.29, 1.82) is 0 Å². The van der Waals surface area contributed by atoms with E-state index in [1.807, 2.05) is 7.05 Å². The Morgan fingerprint density at radius 3 is 0.968 bits per heavy atom. The first-order valence-corrected chi connectivity index (χ1v) is 12.7. The molecule has 0 rings (SSSR count). The molecular formula is C24H57N7. The largest absolute Gasteiger partial charge is 0.330 e. The van der Waals surface area contributed by atoms with Crippen LogP contribution in [0.1, 0.15) is 38.5 Å². The van der Waals surface area contributed by atoms with Crippen LogP contribution >= 0.6 is 0 Å². The molecule has 31 heavy (non-hydrogen) atoms. The highest BCUT2D eigenvalue weighted by atomic mass is 15.1. The van der Waals surface area contributed by atoms with Crippen molar-refractivity contribution in [3.05, 3.63) is 0 Å². The Balaban J connectivity index is 3.58. The Hall–Kier alpha value is -0.280. The van der Waals surface area contributed by atoms with E-state index in [4.69, 9.17) is 5.73 Å². The average molecular weight is 444 g/mol. The predicted octanol–water partition coefficient (Wildman–Crippen LogP) is 1.16. The van der Waals surface area contributed by atoms with E-state index < -0.39 is 0 Å². The second-order valence-electron chi connectivity index (χ2n) is 9.53. The van der Waals surface area contributed by atoms with Crippen LogP contribution < -0.4 is 11.1 Å². The quantitative estimate of drug-likeness (QED) is 0.230. The zero-order chi connectivity index (χ0) is 23.3. The molecule has 0 aliphatic rings. The molecule has 0 aliphatic heterocycles. The molecule has 0 unspecified atom stereocenters. The highest BCUT2D eigenvalue weighted by Crippen LogP contribution is 1.98. The smallest absolute Gasteiger partial charge is 0.000959 e. The summed E-state index contributed by atoms with van der Waals surface area (Å²) in [6.07, 6.45) is 7.35. The molecule has 7 heteroatoms. The highest BCUT2D eigenvalue weighted by Gasteiger charge is 2.05. The van der Waals surface area contributed by atoms with Gasteiger partial charge >= 0.3 is 0 Å². The SMILES string of the molecule is CNCCCN(C)CCCN(C)CCCN(C)CCCN(C)CCCN(C)CCCN. The van der Waals surface area contributed by atoms with E-state index in [1.54, 1.807) is 0 Å². The maximum Gasteiger partial charge on any atom is -0.000959 e. The lowest BCUT2D eigenvalue weighted by Gasteiger charge is -2.23. The molecule has 0 heterocycles. The Morgan fingerprint density at radius 1 is 0.452 bits per heavy atom. The van der Waals surface area contributed by atoms with Crippen molar-refractivity contribution in [2.24, 2.45) is 5.73 Å². The number of hydrogen-bond acceptors (Lipinski definition) is 7. The molecule has 7 nitrogen and oxygen atoms in total. The minimum absolute atomic E-state index is 0.795. The summed E-state index contributed by atoms with van der Waals surface area (Å²) in [4.78, 5) is 12.3. The van der Waals surface area contributed by atoms with Crippen molar-refractivity contribution in [1.82, 2.24) is 29.8 Å². The van der Waals surface area contributed by atoms with Gasteiger partial charge in [0.15, 0.2) is 0 Å². The van der Waals surface area contributed by atoms with Gasteiger partial charge in [-0.1, -0.05) is 0 Å². The van der Waals surface area contributed by atoms with Gasteiger partial charge in [0.1, 0.15) is 0 Å². The fraction of sp³-hybridized carbons (Fsp3) is 1.00. The molecule has 0 aromatic carbocycles. The molecule has 0 aromatic rings. The topological polar surface area (TPSA) is 54.2 Å². The highest BCUT2D eigenvalue weighted by molar-refractivity contribution is 4.61. The summed E-state index contributed by atoms with van der Waals surface area (Å²) in [7, 11) is 13.3. The third-order valence-corrected chi connectivity index (χ3v) is 6.03. The van der Waals surface area contributed by atoms with Crippen LogP contribution in [-0.4, -0.2) is 145 Å². The van der Waals surface area contributed by atoms with Gasteiger partial charge in [-0.3, -0.25) is 0 Å². The fourth-order valence-corrected chi connectivity index (χ4v) is 3.89. The molecule has 0 aliphatic carbocycles. The van der Waals surface area contributed by atoms with Gasteiger partial charge in [0.2, 0.25) is 0 Å². The molecule has 0 radical (unpaired) electrons. The Labute approximate surface area is 195 Å². The summed E-state index contributed by atoms with van der Waals surface area (Å²) in [6.45, 7) is 13.8. The van der Waals surface area contributed by atoms with E-state index >= 15 is 0 Å². The van der Waals surface area contributed by atoms with Gasteiger partial charge in [0.05, 0.1) is 0 Å². The third-order valence-electron chi connectivity index (χ3n) is 6.03. The zero-order valence-electron chi connectivity index (χ0n) is 22.0. The van der Waals surface area contributed by atoms with Crippen molar-refractivity contribution < 1.29 is 0 Å². The molecule has 188 valence electrons. The van der Waals surface area contributed by atoms with E-state index in [1.165, 1.54) is 91.0 Å². The Morgan fingerprint density at radius 2 is 0.710 bits per heavy atom.